The second-order valence-corrected chi connectivity index (χ2v) is 9.65. The molecule has 1 fully saturated rings. The third kappa shape index (κ3) is 5.22. The van der Waals surface area contributed by atoms with Gasteiger partial charge in [0.05, 0.1) is 10.6 Å². The normalized spacial score (nSPS) is 14.8. The number of nitrogens with zero attached hydrogens (tertiary/aromatic N) is 3. The molecule has 0 atom stereocenters. The van der Waals surface area contributed by atoms with Gasteiger partial charge in [-0.05, 0) is 19.1 Å². The number of piperazine rings is 1. The largest absolute Gasteiger partial charge is 0.340 e. The summed E-state index contributed by atoms with van der Waals surface area (Å²) < 4.78 is 0. The molecular formula is C23H25N3O2S2. The van der Waals surface area contributed by atoms with E-state index in [2.05, 4.69) is 22.4 Å². The first-order chi connectivity index (χ1) is 14.6. The summed E-state index contributed by atoms with van der Waals surface area (Å²) in [4.78, 5) is 35.6. The van der Waals surface area contributed by atoms with Crippen molar-refractivity contribution in [3.8, 4) is 10.6 Å². The molecule has 2 aromatic heterocycles. The molecule has 0 unspecified atom stereocenters. The summed E-state index contributed by atoms with van der Waals surface area (Å²) in [5.74, 6) is 0.147. The maximum atomic E-state index is 12.5. The number of amides is 1. The van der Waals surface area contributed by atoms with Crippen molar-refractivity contribution in [2.75, 3.05) is 26.2 Å². The summed E-state index contributed by atoms with van der Waals surface area (Å²) in [7, 11) is 0. The number of benzene rings is 1. The molecule has 1 amide bonds. The molecule has 0 saturated carbocycles. The number of ketones is 1. The Bertz CT molecular complexity index is 1000. The van der Waals surface area contributed by atoms with Gasteiger partial charge in [-0.3, -0.25) is 14.5 Å². The van der Waals surface area contributed by atoms with Crippen LogP contribution in [0.25, 0.3) is 10.6 Å². The van der Waals surface area contributed by atoms with Crippen LogP contribution >= 0.6 is 22.7 Å². The van der Waals surface area contributed by atoms with Gasteiger partial charge in [-0.2, -0.15) is 0 Å². The predicted molar refractivity (Wildman–Crippen MR) is 122 cm³/mol. The van der Waals surface area contributed by atoms with Crippen LogP contribution in [0.5, 0.6) is 0 Å². The highest BCUT2D eigenvalue weighted by Crippen LogP contribution is 2.24. The molecule has 1 aromatic carbocycles. The molecule has 0 radical (unpaired) electrons. The summed E-state index contributed by atoms with van der Waals surface area (Å²) in [6.07, 6.45) is 0.586. The Kier molecular flexibility index (Phi) is 6.72. The average molecular weight is 440 g/mol. The third-order valence-electron chi connectivity index (χ3n) is 5.26. The van der Waals surface area contributed by atoms with E-state index in [0.717, 1.165) is 45.7 Å². The Hall–Kier alpha value is -2.35. The zero-order chi connectivity index (χ0) is 20.9. The van der Waals surface area contributed by atoms with Crippen LogP contribution < -0.4 is 0 Å². The van der Waals surface area contributed by atoms with Gasteiger partial charge in [0, 0.05) is 61.4 Å². The first kappa shape index (κ1) is 20.9. The van der Waals surface area contributed by atoms with Gasteiger partial charge < -0.3 is 4.90 Å². The van der Waals surface area contributed by atoms with E-state index >= 15 is 0 Å². The minimum atomic E-state index is 0.0674. The number of aryl methyl sites for hydroxylation is 1. The van der Waals surface area contributed by atoms with Crippen LogP contribution in [0.1, 0.15) is 33.1 Å². The summed E-state index contributed by atoms with van der Waals surface area (Å²) in [5, 5.41) is 3.17. The quantitative estimate of drug-likeness (QED) is 0.509. The molecule has 0 spiro atoms. The van der Waals surface area contributed by atoms with Gasteiger partial charge >= 0.3 is 0 Å². The summed E-state index contributed by atoms with van der Waals surface area (Å²) in [6, 6.07) is 14.0. The van der Waals surface area contributed by atoms with Gasteiger partial charge in [-0.1, -0.05) is 30.3 Å². The van der Waals surface area contributed by atoms with E-state index in [0.29, 0.717) is 25.9 Å². The number of hydrogen-bond acceptors (Lipinski definition) is 6. The fourth-order valence-corrected chi connectivity index (χ4v) is 5.22. The van der Waals surface area contributed by atoms with Crippen LogP contribution in [-0.4, -0.2) is 52.7 Å². The number of hydrogen-bond donors (Lipinski definition) is 0. The molecule has 156 valence electrons. The highest BCUT2D eigenvalue weighted by atomic mass is 32.1. The van der Waals surface area contributed by atoms with E-state index in [4.69, 9.17) is 4.98 Å². The molecule has 7 heteroatoms. The van der Waals surface area contributed by atoms with Crippen LogP contribution in [-0.2, 0) is 11.3 Å². The number of Topliss-reactive ketones (excluding diaryl/α,β-unsaturated/α-hetero) is 1. The summed E-state index contributed by atoms with van der Waals surface area (Å²) in [6.45, 7) is 5.88. The standard InChI is InChI=1S/C23H25N3O2S2/c1-17-7-9-21(30-17)20(27)8-10-22(28)26-13-11-25(12-14-26)15-19-16-29-23(24-19)18-5-3-2-4-6-18/h2-7,9,16H,8,10-15H2,1H3. The Morgan fingerprint density at radius 1 is 1.00 bits per heavy atom. The van der Waals surface area contributed by atoms with Gasteiger partial charge in [0.2, 0.25) is 5.91 Å². The number of carbonyl (C=O) groups excluding carboxylic acids is 2. The van der Waals surface area contributed by atoms with Crippen molar-refractivity contribution >= 4 is 34.4 Å². The fourth-order valence-electron chi connectivity index (χ4n) is 3.56. The predicted octanol–water partition coefficient (Wildman–Crippen LogP) is 4.49. The zero-order valence-corrected chi connectivity index (χ0v) is 18.7. The minimum absolute atomic E-state index is 0.0674. The number of rotatable bonds is 7. The van der Waals surface area contributed by atoms with Crippen LogP contribution in [0.2, 0.25) is 0 Å². The van der Waals surface area contributed by atoms with E-state index in [1.54, 1.807) is 11.3 Å². The second-order valence-electron chi connectivity index (χ2n) is 7.50. The maximum absolute atomic E-state index is 12.5. The van der Waals surface area contributed by atoms with Crippen molar-refractivity contribution in [3.05, 3.63) is 63.3 Å². The molecule has 3 aromatic rings. The van der Waals surface area contributed by atoms with Crippen molar-refractivity contribution in [1.82, 2.24) is 14.8 Å². The summed E-state index contributed by atoms with van der Waals surface area (Å²) >= 11 is 3.17. The fraction of sp³-hybridized carbons (Fsp3) is 0.348. The Morgan fingerprint density at radius 2 is 1.77 bits per heavy atom. The minimum Gasteiger partial charge on any atom is -0.340 e. The topological polar surface area (TPSA) is 53.5 Å². The SMILES string of the molecule is Cc1ccc(C(=O)CCC(=O)N2CCN(Cc3csc(-c4ccccc4)n3)CC2)s1. The van der Waals surface area contributed by atoms with Gasteiger partial charge in [0.1, 0.15) is 5.01 Å². The molecule has 1 saturated heterocycles. The van der Waals surface area contributed by atoms with Crippen molar-refractivity contribution in [1.29, 1.82) is 0 Å². The highest BCUT2D eigenvalue weighted by molar-refractivity contribution is 7.14. The zero-order valence-electron chi connectivity index (χ0n) is 17.0. The van der Waals surface area contributed by atoms with Crippen LogP contribution in [0.15, 0.2) is 47.8 Å². The Balaban J connectivity index is 1.22. The van der Waals surface area contributed by atoms with Gasteiger partial charge in [-0.15, -0.1) is 22.7 Å². The van der Waals surface area contributed by atoms with Crippen molar-refractivity contribution in [2.24, 2.45) is 0 Å². The lowest BCUT2D eigenvalue weighted by atomic mass is 10.1. The molecule has 0 bridgehead atoms. The van der Waals surface area contributed by atoms with Crippen molar-refractivity contribution < 1.29 is 9.59 Å². The number of aromatic nitrogens is 1. The Labute approximate surface area is 185 Å². The average Bonchev–Trinajstić information content (AvgIpc) is 3.42. The smallest absolute Gasteiger partial charge is 0.223 e. The van der Waals surface area contributed by atoms with Crippen LogP contribution in [0, 0.1) is 6.92 Å². The highest BCUT2D eigenvalue weighted by Gasteiger charge is 2.22. The molecule has 1 aliphatic heterocycles. The van der Waals surface area contributed by atoms with Gasteiger partial charge in [-0.25, -0.2) is 4.98 Å². The summed E-state index contributed by atoms with van der Waals surface area (Å²) in [5.41, 5.74) is 2.23. The lowest BCUT2D eigenvalue weighted by Gasteiger charge is -2.34. The Morgan fingerprint density at radius 3 is 2.47 bits per heavy atom. The number of thiophene rings is 1. The molecule has 0 N–H and O–H groups in total. The molecular weight excluding hydrogens is 414 g/mol. The second kappa shape index (κ2) is 9.64. The van der Waals surface area contributed by atoms with Crippen molar-refractivity contribution in [3.63, 3.8) is 0 Å². The van der Waals surface area contributed by atoms with Crippen LogP contribution in [0.3, 0.4) is 0 Å². The first-order valence-electron chi connectivity index (χ1n) is 10.2. The lowest BCUT2D eigenvalue weighted by Crippen LogP contribution is -2.48. The number of carbonyl (C=O) groups is 2. The van der Waals surface area contributed by atoms with Crippen molar-refractivity contribution in [2.45, 2.75) is 26.3 Å². The molecule has 1 aliphatic rings. The number of thiazole rings is 1. The molecule has 30 heavy (non-hydrogen) atoms. The first-order valence-corrected chi connectivity index (χ1v) is 11.9. The van der Waals surface area contributed by atoms with E-state index in [1.807, 2.05) is 42.2 Å². The van der Waals surface area contributed by atoms with Gasteiger partial charge in [0.15, 0.2) is 5.78 Å². The van der Waals surface area contributed by atoms with Gasteiger partial charge in [0.25, 0.3) is 0 Å². The van der Waals surface area contributed by atoms with E-state index in [9.17, 15) is 9.59 Å². The van der Waals surface area contributed by atoms with E-state index < -0.39 is 0 Å². The molecule has 3 heterocycles. The van der Waals surface area contributed by atoms with E-state index in [1.165, 1.54) is 11.3 Å². The molecule has 0 aliphatic carbocycles. The third-order valence-corrected chi connectivity index (χ3v) is 7.25. The maximum Gasteiger partial charge on any atom is 0.223 e. The molecule has 5 nitrogen and oxygen atoms in total. The van der Waals surface area contributed by atoms with Crippen LogP contribution in [0.4, 0.5) is 0 Å². The monoisotopic (exact) mass is 439 g/mol. The lowest BCUT2D eigenvalue weighted by molar-refractivity contribution is -0.133. The van der Waals surface area contributed by atoms with E-state index in [-0.39, 0.29) is 11.7 Å². The molecule has 4 rings (SSSR count).